The van der Waals surface area contributed by atoms with Crippen molar-refractivity contribution in [3.63, 3.8) is 0 Å². The highest BCUT2D eigenvalue weighted by molar-refractivity contribution is 7.17. The average Bonchev–Trinajstić information content (AvgIpc) is 3.49. The van der Waals surface area contributed by atoms with E-state index in [1.165, 1.54) is 19.2 Å². The molecule has 1 atom stereocenters. The number of Topliss-reactive ketones (excluding diaryl/α,β-unsaturated/α-hetero) is 1. The van der Waals surface area contributed by atoms with Crippen molar-refractivity contribution in [3.05, 3.63) is 81.8 Å². The van der Waals surface area contributed by atoms with Crippen LogP contribution in [0.25, 0.3) is 11.4 Å². The molecule has 10 nitrogen and oxygen atoms in total. The monoisotopic (exact) mass is 504 g/mol. The van der Waals surface area contributed by atoms with Crippen LogP contribution in [0.5, 0.6) is 5.75 Å². The molecule has 3 aromatic heterocycles. The maximum Gasteiger partial charge on any atom is 0.350 e. The van der Waals surface area contributed by atoms with Crippen LogP contribution in [-0.2, 0) is 14.3 Å². The number of esters is 1. The van der Waals surface area contributed by atoms with E-state index in [1.54, 1.807) is 54.8 Å². The number of amides is 1. The van der Waals surface area contributed by atoms with E-state index in [4.69, 9.17) is 4.74 Å². The van der Waals surface area contributed by atoms with Gasteiger partial charge in [-0.2, -0.15) is 0 Å². The summed E-state index contributed by atoms with van der Waals surface area (Å²) in [7, 11) is 1.24. The number of pyridine rings is 1. The summed E-state index contributed by atoms with van der Waals surface area (Å²) in [5.74, 6) is -2.84. The Hall–Kier alpha value is -4.51. The number of carbonyl (C=O) groups excluding carboxylic acids is 3. The third kappa shape index (κ3) is 3.52. The summed E-state index contributed by atoms with van der Waals surface area (Å²) in [6.07, 6.45) is 1.70. The van der Waals surface area contributed by atoms with E-state index in [0.29, 0.717) is 22.6 Å². The molecule has 4 aromatic rings. The lowest BCUT2D eigenvalue weighted by Crippen LogP contribution is -2.29. The summed E-state index contributed by atoms with van der Waals surface area (Å²) in [6.45, 7) is 3.29. The molecule has 4 heterocycles. The van der Waals surface area contributed by atoms with Gasteiger partial charge in [0.25, 0.3) is 5.78 Å². The minimum atomic E-state index is -1.07. The Kier molecular flexibility index (Phi) is 5.56. The number of nitrogens with zero attached hydrogens (tertiary/aromatic N) is 4. The van der Waals surface area contributed by atoms with Gasteiger partial charge in [0.1, 0.15) is 22.0 Å². The van der Waals surface area contributed by atoms with Crippen molar-refractivity contribution in [3.8, 4) is 5.75 Å². The molecule has 1 aromatic carbocycles. The van der Waals surface area contributed by atoms with Crippen LogP contribution < -0.4 is 4.90 Å². The van der Waals surface area contributed by atoms with E-state index >= 15 is 0 Å². The average molecular weight is 505 g/mol. The number of fused-ring (bicyclic) bond motifs is 1. The number of phenols is 1. The lowest BCUT2D eigenvalue weighted by Gasteiger charge is -2.23. The quantitative estimate of drug-likeness (QED) is 0.187. The molecular formula is C25H20N4O6S. The number of carbonyl (C=O) groups is 3. The Morgan fingerprint density at radius 1 is 1.06 bits per heavy atom. The lowest BCUT2D eigenvalue weighted by molar-refractivity contribution is -0.132. The van der Waals surface area contributed by atoms with Crippen LogP contribution in [0, 0.1) is 13.8 Å². The van der Waals surface area contributed by atoms with E-state index in [2.05, 4.69) is 9.97 Å². The van der Waals surface area contributed by atoms with Gasteiger partial charge in [-0.05, 0) is 43.7 Å². The number of phenolic OH excluding ortho intramolecular Hbond substituents is 1. The molecule has 1 aliphatic heterocycles. The molecule has 0 radical (unpaired) electrons. The Morgan fingerprint density at radius 3 is 2.47 bits per heavy atom. The van der Waals surface area contributed by atoms with Gasteiger partial charge in [0, 0.05) is 6.20 Å². The number of benzene rings is 1. The number of thiazole rings is 1. The van der Waals surface area contributed by atoms with Crippen LogP contribution in [0.4, 0.5) is 5.13 Å². The number of hydrogen-bond acceptors (Lipinski definition) is 9. The second-order valence-corrected chi connectivity index (χ2v) is 9.12. The molecule has 5 rings (SSSR count). The zero-order chi connectivity index (χ0) is 25.7. The lowest BCUT2D eigenvalue weighted by atomic mass is 9.96. The molecule has 2 N–H and O–H groups in total. The fourth-order valence-corrected chi connectivity index (χ4v) is 5.31. The first-order chi connectivity index (χ1) is 17.2. The highest BCUT2D eigenvalue weighted by atomic mass is 32.1. The zero-order valence-electron chi connectivity index (χ0n) is 19.4. The zero-order valence-corrected chi connectivity index (χ0v) is 20.2. The number of hydrogen-bond donors (Lipinski definition) is 2. The van der Waals surface area contributed by atoms with Gasteiger partial charge < -0.3 is 14.9 Å². The minimum absolute atomic E-state index is 0.00796. The van der Waals surface area contributed by atoms with E-state index in [1.807, 2.05) is 0 Å². The third-order valence-corrected chi connectivity index (χ3v) is 7.08. The number of rotatable bonds is 4. The number of imidazole rings is 1. The second kappa shape index (κ2) is 8.61. The molecule has 0 aliphatic carbocycles. The fraction of sp³-hybridized carbons (Fsp3) is 0.160. The van der Waals surface area contributed by atoms with Crippen LogP contribution >= 0.6 is 11.3 Å². The van der Waals surface area contributed by atoms with Crippen LogP contribution in [0.3, 0.4) is 0 Å². The van der Waals surface area contributed by atoms with Crippen molar-refractivity contribution in [1.82, 2.24) is 14.4 Å². The van der Waals surface area contributed by atoms with Crippen LogP contribution in [0.1, 0.15) is 38.4 Å². The fourth-order valence-electron chi connectivity index (χ4n) is 4.30. The van der Waals surface area contributed by atoms with Gasteiger partial charge in [-0.15, -0.1) is 0 Å². The van der Waals surface area contributed by atoms with Crippen molar-refractivity contribution >= 4 is 45.5 Å². The SMILES string of the molecule is COC(=O)c1sc(N2C(=O)C(=O)C(=C(O)c3c(C)nc4ccccn34)C2c2ccc(O)cc2)nc1C. The van der Waals surface area contributed by atoms with Crippen LogP contribution in [0.15, 0.2) is 54.2 Å². The largest absolute Gasteiger partial charge is 0.508 e. The van der Waals surface area contributed by atoms with Crippen molar-refractivity contribution in [2.75, 3.05) is 12.0 Å². The first-order valence-corrected chi connectivity index (χ1v) is 11.6. The van der Waals surface area contributed by atoms with Crippen LogP contribution in [0.2, 0.25) is 0 Å². The Morgan fingerprint density at radius 2 is 1.78 bits per heavy atom. The maximum absolute atomic E-state index is 13.4. The van der Waals surface area contributed by atoms with E-state index in [0.717, 1.165) is 16.2 Å². The standard InChI is InChI=1S/C25H20N4O6S/c1-12-18(28-11-5-4-6-16(28)26-12)20(31)17-19(14-7-9-15(30)10-8-14)29(23(33)21(17)32)25-27-13(2)22(36-25)24(34)35-3/h4-11,19,30-31H,1-3H3. The number of anilines is 1. The summed E-state index contributed by atoms with van der Waals surface area (Å²) in [5.41, 5.74) is 1.93. The Bertz CT molecular complexity index is 1580. The number of ketones is 1. The first-order valence-electron chi connectivity index (χ1n) is 10.8. The molecule has 1 amide bonds. The molecule has 1 aliphatic rings. The predicted molar refractivity (Wildman–Crippen MR) is 131 cm³/mol. The summed E-state index contributed by atoms with van der Waals surface area (Å²) >= 11 is 0.910. The van der Waals surface area contributed by atoms with Gasteiger partial charge in [0.05, 0.1) is 30.1 Å². The Labute approximate surface area is 208 Å². The number of aromatic hydroxyl groups is 1. The van der Waals surface area contributed by atoms with E-state index in [-0.39, 0.29) is 27.0 Å². The van der Waals surface area contributed by atoms with Gasteiger partial charge in [0.15, 0.2) is 10.9 Å². The number of aliphatic hydroxyl groups excluding tert-OH is 1. The minimum Gasteiger partial charge on any atom is -0.508 e. The molecule has 1 saturated heterocycles. The summed E-state index contributed by atoms with van der Waals surface area (Å²) in [4.78, 5) is 49.1. The van der Waals surface area contributed by atoms with Gasteiger partial charge in [-0.1, -0.05) is 29.5 Å². The van der Waals surface area contributed by atoms with Crippen molar-refractivity contribution in [1.29, 1.82) is 0 Å². The Balaban J connectivity index is 1.76. The smallest absolute Gasteiger partial charge is 0.350 e. The molecule has 11 heteroatoms. The van der Waals surface area contributed by atoms with Crippen molar-refractivity contribution < 1.29 is 29.3 Å². The first kappa shape index (κ1) is 23.2. The number of aromatic nitrogens is 3. The van der Waals surface area contributed by atoms with Crippen LogP contribution in [-0.4, -0.2) is 49.4 Å². The van der Waals surface area contributed by atoms with Gasteiger partial charge in [-0.25, -0.2) is 14.8 Å². The van der Waals surface area contributed by atoms with Gasteiger partial charge in [-0.3, -0.25) is 18.9 Å². The summed E-state index contributed by atoms with van der Waals surface area (Å²) < 4.78 is 6.44. The molecule has 0 saturated carbocycles. The third-order valence-electron chi connectivity index (χ3n) is 5.94. The normalized spacial score (nSPS) is 17.2. The predicted octanol–water partition coefficient (Wildman–Crippen LogP) is 3.53. The highest BCUT2D eigenvalue weighted by Crippen LogP contribution is 2.44. The summed E-state index contributed by atoms with van der Waals surface area (Å²) in [5, 5.41) is 21.4. The number of aliphatic hydroxyl groups is 1. The van der Waals surface area contributed by atoms with Crippen molar-refractivity contribution in [2.24, 2.45) is 0 Å². The molecule has 1 fully saturated rings. The second-order valence-electron chi connectivity index (χ2n) is 8.14. The number of ether oxygens (including phenoxy) is 1. The van der Waals surface area contributed by atoms with Gasteiger partial charge >= 0.3 is 11.9 Å². The van der Waals surface area contributed by atoms with Gasteiger partial charge in [0.2, 0.25) is 0 Å². The van der Waals surface area contributed by atoms with Crippen molar-refractivity contribution in [2.45, 2.75) is 19.9 Å². The molecule has 1 unspecified atom stereocenters. The van der Waals surface area contributed by atoms with E-state index in [9.17, 15) is 24.6 Å². The molecule has 36 heavy (non-hydrogen) atoms. The summed E-state index contributed by atoms with van der Waals surface area (Å²) in [6, 6.07) is 10.2. The molecule has 0 spiro atoms. The molecular weight excluding hydrogens is 484 g/mol. The highest BCUT2D eigenvalue weighted by Gasteiger charge is 2.49. The topological polar surface area (TPSA) is 134 Å². The van der Waals surface area contributed by atoms with E-state index < -0.39 is 29.5 Å². The molecule has 0 bridgehead atoms. The number of methoxy groups -OCH3 is 1. The molecule has 182 valence electrons. The number of aryl methyl sites for hydroxylation is 2. The maximum atomic E-state index is 13.4.